The fourth-order valence-electron chi connectivity index (χ4n) is 1.48. The van der Waals surface area contributed by atoms with Crippen molar-refractivity contribution in [3.05, 3.63) is 53.7 Å². The number of carbonyl (C=O) groups is 1. The molecule has 0 aliphatic heterocycles. The molecule has 0 saturated heterocycles. The Hall–Kier alpha value is -2.36. The van der Waals surface area contributed by atoms with E-state index in [9.17, 15) is 9.90 Å². The van der Waals surface area contributed by atoms with Crippen molar-refractivity contribution in [3.63, 3.8) is 0 Å². The van der Waals surface area contributed by atoms with Crippen molar-refractivity contribution < 1.29 is 9.90 Å². The molecule has 4 heteroatoms. The minimum atomic E-state index is 0.235. The molecule has 2 rings (SSSR count). The zero-order chi connectivity index (χ0) is 12.1. The number of hydrogen-bond donors (Lipinski definition) is 2. The number of hydrogen-bond acceptors (Lipinski definition) is 4. The summed E-state index contributed by atoms with van der Waals surface area (Å²) >= 11 is 0. The minimum absolute atomic E-state index is 0.235. The number of pyridine rings is 1. The summed E-state index contributed by atoms with van der Waals surface area (Å²) in [5.41, 5.74) is 1.53. The monoisotopic (exact) mass is 228 g/mol. The van der Waals surface area contributed by atoms with Crippen LogP contribution in [0.2, 0.25) is 0 Å². The van der Waals surface area contributed by atoms with Crippen molar-refractivity contribution in [3.8, 4) is 5.75 Å². The number of aldehydes is 1. The normalized spacial score (nSPS) is 9.88. The summed E-state index contributed by atoms with van der Waals surface area (Å²) in [6, 6.07) is 10.3. The highest BCUT2D eigenvalue weighted by Gasteiger charge is 1.97. The quantitative estimate of drug-likeness (QED) is 0.787. The third kappa shape index (κ3) is 3.04. The molecular formula is C13H12N2O2. The predicted octanol–water partition coefficient (Wildman–Crippen LogP) is 2.21. The Morgan fingerprint density at radius 3 is 2.94 bits per heavy atom. The van der Waals surface area contributed by atoms with E-state index in [1.54, 1.807) is 36.5 Å². The van der Waals surface area contributed by atoms with Crippen LogP contribution in [0.25, 0.3) is 0 Å². The van der Waals surface area contributed by atoms with Crippen LogP contribution in [0.15, 0.2) is 42.6 Å². The molecule has 0 unspecified atom stereocenters. The van der Waals surface area contributed by atoms with Gasteiger partial charge in [-0.25, -0.2) is 4.98 Å². The Labute approximate surface area is 98.9 Å². The molecule has 0 saturated carbocycles. The van der Waals surface area contributed by atoms with E-state index < -0.39 is 0 Å². The molecule has 4 nitrogen and oxygen atoms in total. The lowest BCUT2D eigenvalue weighted by molar-refractivity contribution is 0.112. The fourth-order valence-corrected chi connectivity index (χ4v) is 1.48. The second kappa shape index (κ2) is 5.12. The molecule has 2 aromatic rings. The molecule has 2 N–H and O–H groups in total. The molecule has 0 bridgehead atoms. The second-order valence-electron chi connectivity index (χ2n) is 3.62. The molecule has 0 atom stereocenters. The molecule has 0 spiro atoms. The summed E-state index contributed by atoms with van der Waals surface area (Å²) in [7, 11) is 0. The van der Waals surface area contributed by atoms with Gasteiger partial charge in [-0.1, -0.05) is 12.1 Å². The highest BCUT2D eigenvalue weighted by molar-refractivity contribution is 5.75. The predicted molar refractivity (Wildman–Crippen MR) is 65.1 cm³/mol. The van der Waals surface area contributed by atoms with Gasteiger partial charge in [-0.05, 0) is 29.8 Å². The second-order valence-corrected chi connectivity index (χ2v) is 3.62. The molecule has 86 valence electrons. The SMILES string of the molecule is O=Cc1ccnc(NCc2cccc(O)c2)c1. The molecule has 0 fully saturated rings. The molecule has 0 radical (unpaired) electrons. The van der Waals surface area contributed by atoms with Gasteiger partial charge in [0.2, 0.25) is 0 Å². The number of aromatic hydroxyl groups is 1. The summed E-state index contributed by atoms with van der Waals surface area (Å²) in [5.74, 6) is 0.872. The maximum absolute atomic E-state index is 10.6. The van der Waals surface area contributed by atoms with Gasteiger partial charge in [0.1, 0.15) is 17.9 Å². The first-order valence-electron chi connectivity index (χ1n) is 5.21. The molecule has 17 heavy (non-hydrogen) atoms. The number of nitrogens with zero attached hydrogens (tertiary/aromatic N) is 1. The van der Waals surface area contributed by atoms with Crippen LogP contribution in [-0.2, 0) is 6.54 Å². The van der Waals surface area contributed by atoms with E-state index in [-0.39, 0.29) is 5.75 Å². The first-order chi connectivity index (χ1) is 8.28. The van der Waals surface area contributed by atoms with E-state index in [0.29, 0.717) is 17.9 Å². The maximum atomic E-state index is 10.6. The van der Waals surface area contributed by atoms with Gasteiger partial charge in [-0.15, -0.1) is 0 Å². The highest BCUT2D eigenvalue weighted by atomic mass is 16.3. The van der Waals surface area contributed by atoms with Gasteiger partial charge in [0.25, 0.3) is 0 Å². The van der Waals surface area contributed by atoms with Gasteiger partial charge >= 0.3 is 0 Å². The van der Waals surface area contributed by atoms with Gasteiger partial charge in [-0.2, -0.15) is 0 Å². The number of nitrogens with one attached hydrogen (secondary N) is 1. The first kappa shape index (κ1) is 11.1. The average Bonchev–Trinajstić information content (AvgIpc) is 2.37. The van der Waals surface area contributed by atoms with E-state index in [4.69, 9.17) is 0 Å². The van der Waals surface area contributed by atoms with Crippen LogP contribution in [-0.4, -0.2) is 16.4 Å². The minimum Gasteiger partial charge on any atom is -0.508 e. The van der Waals surface area contributed by atoms with Crippen molar-refractivity contribution >= 4 is 12.1 Å². The van der Waals surface area contributed by atoms with Crippen molar-refractivity contribution in [2.75, 3.05) is 5.32 Å². The standard InChI is InChI=1S/C13H12N2O2/c16-9-11-4-5-14-13(7-11)15-8-10-2-1-3-12(17)6-10/h1-7,9,17H,8H2,(H,14,15). The van der Waals surface area contributed by atoms with Crippen LogP contribution in [0.5, 0.6) is 5.75 Å². The Morgan fingerprint density at radius 2 is 2.18 bits per heavy atom. The number of anilines is 1. The van der Waals surface area contributed by atoms with E-state index >= 15 is 0 Å². The van der Waals surface area contributed by atoms with Crippen LogP contribution < -0.4 is 5.32 Å². The van der Waals surface area contributed by atoms with E-state index in [1.807, 2.05) is 6.07 Å². The van der Waals surface area contributed by atoms with Crippen molar-refractivity contribution in [2.24, 2.45) is 0 Å². The molecular weight excluding hydrogens is 216 g/mol. The molecule has 1 heterocycles. The Bertz CT molecular complexity index is 526. The number of benzene rings is 1. The maximum Gasteiger partial charge on any atom is 0.150 e. The highest BCUT2D eigenvalue weighted by Crippen LogP contribution is 2.12. The van der Waals surface area contributed by atoms with Crippen LogP contribution >= 0.6 is 0 Å². The smallest absolute Gasteiger partial charge is 0.150 e. The van der Waals surface area contributed by atoms with Crippen molar-refractivity contribution in [1.29, 1.82) is 0 Å². The van der Waals surface area contributed by atoms with Gasteiger partial charge in [-0.3, -0.25) is 4.79 Å². The summed E-state index contributed by atoms with van der Waals surface area (Å²) in [6.07, 6.45) is 2.36. The first-order valence-corrected chi connectivity index (χ1v) is 5.21. The van der Waals surface area contributed by atoms with Crippen LogP contribution in [0.4, 0.5) is 5.82 Å². The number of rotatable bonds is 4. The average molecular weight is 228 g/mol. The lowest BCUT2D eigenvalue weighted by Crippen LogP contribution is -2.01. The van der Waals surface area contributed by atoms with Crippen molar-refractivity contribution in [2.45, 2.75) is 6.54 Å². The zero-order valence-corrected chi connectivity index (χ0v) is 9.13. The fraction of sp³-hybridized carbons (Fsp3) is 0.0769. The van der Waals surface area contributed by atoms with Gasteiger partial charge in [0, 0.05) is 18.3 Å². The van der Waals surface area contributed by atoms with E-state index in [2.05, 4.69) is 10.3 Å². The lowest BCUT2D eigenvalue weighted by Gasteiger charge is -2.06. The third-order valence-corrected chi connectivity index (χ3v) is 2.30. The molecule has 0 amide bonds. The zero-order valence-electron chi connectivity index (χ0n) is 9.13. The molecule has 0 aliphatic carbocycles. The number of aromatic nitrogens is 1. The molecule has 0 aliphatic rings. The number of phenols is 1. The number of carbonyl (C=O) groups excluding carboxylic acids is 1. The summed E-state index contributed by atoms with van der Waals surface area (Å²) in [5, 5.41) is 12.4. The Morgan fingerprint density at radius 1 is 1.29 bits per heavy atom. The van der Waals surface area contributed by atoms with Gasteiger partial charge in [0.05, 0.1) is 0 Å². The largest absolute Gasteiger partial charge is 0.508 e. The Kier molecular flexibility index (Phi) is 3.35. The topological polar surface area (TPSA) is 62.2 Å². The molecule has 1 aromatic heterocycles. The van der Waals surface area contributed by atoms with Gasteiger partial charge < -0.3 is 10.4 Å². The third-order valence-electron chi connectivity index (χ3n) is 2.30. The summed E-state index contributed by atoms with van der Waals surface area (Å²) < 4.78 is 0. The van der Waals surface area contributed by atoms with E-state index in [1.165, 1.54) is 0 Å². The van der Waals surface area contributed by atoms with Crippen LogP contribution in [0, 0.1) is 0 Å². The van der Waals surface area contributed by atoms with Crippen molar-refractivity contribution in [1.82, 2.24) is 4.98 Å². The molecule has 1 aromatic carbocycles. The summed E-state index contributed by atoms with van der Waals surface area (Å²) in [6.45, 7) is 0.545. The van der Waals surface area contributed by atoms with Crippen LogP contribution in [0.3, 0.4) is 0 Å². The van der Waals surface area contributed by atoms with Gasteiger partial charge in [0.15, 0.2) is 0 Å². The van der Waals surface area contributed by atoms with Crippen LogP contribution in [0.1, 0.15) is 15.9 Å². The summed E-state index contributed by atoms with van der Waals surface area (Å²) in [4.78, 5) is 14.7. The Balaban J connectivity index is 2.04. The lowest BCUT2D eigenvalue weighted by atomic mass is 10.2. The van der Waals surface area contributed by atoms with E-state index in [0.717, 1.165) is 11.8 Å². The number of phenolic OH excluding ortho intramolecular Hbond substituents is 1.